The van der Waals surface area contributed by atoms with Crippen LogP contribution in [0.2, 0.25) is 0 Å². The second-order valence-electron chi connectivity index (χ2n) is 6.57. The molecule has 3 heterocycles. The predicted octanol–water partition coefficient (Wildman–Crippen LogP) is 3.53. The summed E-state index contributed by atoms with van der Waals surface area (Å²) >= 11 is 0. The van der Waals surface area contributed by atoms with Crippen LogP contribution in [-0.4, -0.2) is 37.7 Å². The van der Waals surface area contributed by atoms with Crippen LogP contribution in [0.15, 0.2) is 34.7 Å². The number of nitrogens with one attached hydrogen (secondary N) is 1. The van der Waals surface area contributed by atoms with Crippen LogP contribution in [0, 0.1) is 5.82 Å². The molecule has 0 unspecified atom stereocenters. The summed E-state index contributed by atoms with van der Waals surface area (Å²) in [5.41, 5.74) is 1.55. The molecule has 3 aromatic rings. The molecule has 0 radical (unpaired) electrons. The normalized spacial score (nSPS) is 17.3. The van der Waals surface area contributed by atoms with Crippen molar-refractivity contribution in [3.8, 4) is 11.5 Å². The third-order valence-corrected chi connectivity index (χ3v) is 4.82. The number of aryl methyl sites for hydroxylation is 1. The van der Waals surface area contributed by atoms with Gasteiger partial charge < -0.3 is 9.32 Å². The molecule has 1 fully saturated rings. The van der Waals surface area contributed by atoms with E-state index in [1.54, 1.807) is 29.2 Å². The van der Waals surface area contributed by atoms with Crippen molar-refractivity contribution in [2.24, 2.45) is 0 Å². The van der Waals surface area contributed by atoms with Crippen molar-refractivity contribution < 1.29 is 13.6 Å². The summed E-state index contributed by atoms with van der Waals surface area (Å²) in [5.74, 6) is -0.143. The number of carbonyl (C=O) groups is 1. The van der Waals surface area contributed by atoms with Gasteiger partial charge in [0.05, 0.1) is 5.56 Å². The fourth-order valence-electron chi connectivity index (χ4n) is 3.34. The predicted molar refractivity (Wildman–Crippen MR) is 95.3 cm³/mol. The highest BCUT2D eigenvalue weighted by Crippen LogP contribution is 2.33. The Morgan fingerprint density at radius 2 is 2.19 bits per heavy atom. The molecule has 1 aliphatic rings. The second-order valence-corrected chi connectivity index (χ2v) is 6.57. The van der Waals surface area contributed by atoms with Crippen LogP contribution in [0.25, 0.3) is 11.5 Å². The molecule has 1 amide bonds. The van der Waals surface area contributed by atoms with E-state index in [0.717, 1.165) is 31.4 Å². The molecular formula is C19H20FN5O2. The molecule has 0 aliphatic carbocycles. The summed E-state index contributed by atoms with van der Waals surface area (Å²) in [7, 11) is 0. The number of amides is 1. The number of hydrogen-bond donors (Lipinski definition) is 1. The van der Waals surface area contributed by atoms with E-state index in [0.29, 0.717) is 18.1 Å². The lowest BCUT2D eigenvalue weighted by Crippen LogP contribution is -2.38. The molecule has 1 aromatic carbocycles. The van der Waals surface area contributed by atoms with Gasteiger partial charge in [-0.1, -0.05) is 19.1 Å². The van der Waals surface area contributed by atoms with Gasteiger partial charge in [-0.15, -0.1) is 10.2 Å². The van der Waals surface area contributed by atoms with Gasteiger partial charge in [0, 0.05) is 12.2 Å². The minimum absolute atomic E-state index is 0.120. The zero-order valence-corrected chi connectivity index (χ0v) is 15.0. The maximum absolute atomic E-state index is 14.0. The highest BCUT2D eigenvalue weighted by atomic mass is 19.1. The highest BCUT2D eigenvalue weighted by Gasteiger charge is 2.33. The number of H-pyrrole nitrogens is 1. The third-order valence-electron chi connectivity index (χ3n) is 4.82. The molecule has 0 bridgehead atoms. The van der Waals surface area contributed by atoms with Gasteiger partial charge in [0.2, 0.25) is 5.89 Å². The standard InChI is InChI=1S/C19H20FN5O2/c1-2-12-11-15(22-21-12)19(26)25-10-6-5-9-16(25)18-24-23-17(27-18)13-7-3-4-8-14(13)20/h3-4,7-8,11,16H,2,5-6,9-10H2,1H3,(H,21,22)/t16-/m0/s1. The van der Waals surface area contributed by atoms with E-state index in [2.05, 4.69) is 20.4 Å². The van der Waals surface area contributed by atoms with E-state index >= 15 is 0 Å². The Kier molecular flexibility index (Phi) is 4.70. The zero-order chi connectivity index (χ0) is 18.8. The molecule has 1 atom stereocenters. The fourth-order valence-corrected chi connectivity index (χ4v) is 3.34. The molecule has 2 aromatic heterocycles. The Bertz CT molecular complexity index is 951. The van der Waals surface area contributed by atoms with Crippen molar-refractivity contribution >= 4 is 5.91 Å². The first-order valence-corrected chi connectivity index (χ1v) is 9.11. The lowest BCUT2D eigenvalue weighted by Gasteiger charge is -2.32. The van der Waals surface area contributed by atoms with E-state index in [1.807, 2.05) is 6.92 Å². The second kappa shape index (κ2) is 7.30. The Hall–Kier alpha value is -3.03. The van der Waals surface area contributed by atoms with Gasteiger partial charge in [0.15, 0.2) is 0 Å². The smallest absolute Gasteiger partial charge is 0.275 e. The Labute approximate surface area is 155 Å². The number of piperidine rings is 1. The van der Waals surface area contributed by atoms with Crippen LogP contribution in [0.4, 0.5) is 4.39 Å². The topological polar surface area (TPSA) is 87.9 Å². The number of aromatic nitrogens is 4. The maximum atomic E-state index is 14.0. The highest BCUT2D eigenvalue weighted by molar-refractivity contribution is 5.92. The summed E-state index contributed by atoms with van der Waals surface area (Å²) in [6.07, 6.45) is 3.35. The van der Waals surface area contributed by atoms with Gasteiger partial charge in [-0.3, -0.25) is 9.89 Å². The van der Waals surface area contributed by atoms with Gasteiger partial charge in [0.1, 0.15) is 17.6 Å². The summed E-state index contributed by atoms with van der Waals surface area (Å²) in [6, 6.07) is 7.69. The van der Waals surface area contributed by atoms with Crippen LogP contribution >= 0.6 is 0 Å². The first-order valence-electron chi connectivity index (χ1n) is 9.11. The SMILES string of the molecule is CCc1cc(C(=O)N2CCCC[C@H]2c2nnc(-c3ccccc3F)o2)n[nH]1. The Balaban J connectivity index is 1.61. The van der Waals surface area contributed by atoms with Crippen LogP contribution < -0.4 is 0 Å². The Morgan fingerprint density at radius 1 is 1.33 bits per heavy atom. The summed E-state index contributed by atoms with van der Waals surface area (Å²) in [4.78, 5) is 14.7. The first-order chi connectivity index (χ1) is 13.2. The van der Waals surface area contributed by atoms with Crippen LogP contribution in [0.1, 0.15) is 54.3 Å². The van der Waals surface area contributed by atoms with E-state index in [1.165, 1.54) is 6.07 Å². The van der Waals surface area contributed by atoms with E-state index in [-0.39, 0.29) is 23.4 Å². The number of rotatable bonds is 4. The minimum atomic E-state index is -0.423. The number of nitrogens with zero attached hydrogens (tertiary/aromatic N) is 4. The number of aromatic amines is 1. The van der Waals surface area contributed by atoms with Crippen molar-refractivity contribution in [1.82, 2.24) is 25.3 Å². The number of benzene rings is 1. The van der Waals surface area contributed by atoms with Crippen molar-refractivity contribution in [2.45, 2.75) is 38.6 Å². The van der Waals surface area contributed by atoms with Gasteiger partial charge in [0.25, 0.3) is 11.8 Å². The Morgan fingerprint density at radius 3 is 2.96 bits per heavy atom. The van der Waals surface area contributed by atoms with E-state index in [9.17, 15) is 9.18 Å². The van der Waals surface area contributed by atoms with Crippen molar-refractivity contribution in [3.05, 3.63) is 53.4 Å². The summed E-state index contributed by atoms with van der Waals surface area (Å²) in [5, 5.41) is 15.1. The van der Waals surface area contributed by atoms with Gasteiger partial charge in [-0.05, 0) is 43.9 Å². The third kappa shape index (κ3) is 3.34. The largest absolute Gasteiger partial charge is 0.418 e. The lowest BCUT2D eigenvalue weighted by molar-refractivity contribution is 0.0566. The van der Waals surface area contributed by atoms with Crippen molar-refractivity contribution in [2.75, 3.05) is 6.54 Å². The first kappa shape index (κ1) is 17.4. The maximum Gasteiger partial charge on any atom is 0.275 e. The summed E-state index contributed by atoms with van der Waals surface area (Å²) < 4.78 is 19.7. The molecule has 0 saturated carbocycles. The van der Waals surface area contributed by atoms with Crippen LogP contribution in [0.5, 0.6) is 0 Å². The number of carbonyl (C=O) groups excluding carboxylic acids is 1. The molecule has 27 heavy (non-hydrogen) atoms. The molecule has 140 valence electrons. The number of hydrogen-bond acceptors (Lipinski definition) is 5. The van der Waals surface area contributed by atoms with E-state index in [4.69, 9.17) is 4.42 Å². The van der Waals surface area contributed by atoms with E-state index < -0.39 is 5.82 Å². The molecule has 4 rings (SSSR count). The zero-order valence-electron chi connectivity index (χ0n) is 15.0. The summed E-state index contributed by atoms with van der Waals surface area (Å²) in [6.45, 7) is 2.59. The average molecular weight is 369 g/mol. The van der Waals surface area contributed by atoms with Crippen LogP contribution in [-0.2, 0) is 6.42 Å². The van der Waals surface area contributed by atoms with Crippen LogP contribution in [0.3, 0.4) is 0 Å². The quantitative estimate of drug-likeness (QED) is 0.760. The molecular weight excluding hydrogens is 349 g/mol. The van der Waals surface area contributed by atoms with Gasteiger partial charge >= 0.3 is 0 Å². The van der Waals surface area contributed by atoms with Gasteiger partial charge in [-0.25, -0.2) is 4.39 Å². The van der Waals surface area contributed by atoms with Crippen molar-refractivity contribution in [1.29, 1.82) is 0 Å². The number of likely N-dealkylation sites (tertiary alicyclic amines) is 1. The minimum Gasteiger partial charge on any atom is -0.418 e. The number of halogens is 1. The molecule has 1 saturated heterocycles. The van der Waals surface area contributed by atoms with Gasteiger partial charge in [-0.2, -0.15) is 5.10 Å². The fraction of sp³-hybridized carbons (Fsp3) is 0.368. The lowest BCUT2D eigenvalue weighted by atomic mass is 10.0. The average Bonchev–Trinajstić information content (AvgIpc) is 3.37. The molecule has 1 aliphatic heterocycles. The molecule has 0 spiro atoms. The molecule has 8 heteroatoms. The molecule has 1 N–H and O–H groups in total. The monoisotopic (exact) mass is 369 g/mol. The van der Waals surface area contributed by atoms with Crippen molar-refractivity contribution in [3.63, 3.8) is 0 Å². The molecule has 7 nitrogen and oxygen atoms in total.